The van der Waals surface area contributed by atoms with Crippen molar-refractivity contribution in [2.75, 3.05) is 18.1 Å². The van der Waals surface area contributed by atoms with Crippen LogP contribution in [0, 0.1) is 27.7 Å². The van der Waals surface area contributed by atoms with Gasteiger partial charge in [-0.25, -0.2) is 4.98 Å². The zero-order valence-electron chi connectivity index (χ0n) is 22.1. The number of imidazole rings is 1. The quantitative estimate of drug-likeness (QED) is 0.231. The van der Waals surface area contributed by atoms with E-state index in [0.29, 0.717) is 19.6 Å². The lowest BCUT2D eigenvalue weighted by molar-refractivity contribution is -0.117. The Bertz CT molecular complexity index is 1440. The minimum atomic E-state index is 0.0665. The summed E-state index contributed by atoms with van der Waals surface area (Å²) in [5, 5.41) is 0.799. The van der Waals surface area contributed by atoms with Crippen molar-refractivity contribution in [3.63, 3.8) is 0 Å². The summed E-state index contributed by atoms with van der Waals surface area (Å²) in [6.07, 6.45) is 2.36. The minimum Gasteiger partial charge on any atom is -0.494 e. The van der Waals surface area contributed by atoms with E-state index in [1.807, 2.05) is 36.9 Å². The smallest absolute Gasteiger partial charge is 0.227 e. The first kappa shape index (κ1) is 25.3. The summed E-state index contributed by atoms with van der Waals surface area (Å²) in [4.78, 5) is 20.0. The standard InChI is InChI=1S/C31H34ClN3O2/c1-20-11-12-27(21(2)15-20)35-19-24(18-29(35)36)31-33-26-9-5-6-10-28(26)34(31)13-7-8-14-37-25-16-22(3)30(32)23(4)17-25/h5-6,9-12,15-17,24H,7-8,13-14,18-19H2,1-4H3. The third kappa shape index (κ3) is 5.24. The van der Waals surface area contributed by atoms with Crippen LogP contribution in [0.15, 0.2) is 54.6 Å². The van der Waals surface area contributed by atoms with Crippen LogP contribution in [0.1, 0.15) is 53.3 Å². The second kappa shape index (κ2) is 10.6. The fourth-order valence-corrected chi connectivity index (χ4v) is 5.52. The van der Waals surface area contributed by atoms with E-state index in [9.17, 15) is 4.79 Å². The topological polar surface area (TPSA) is 47.4 Å². The number of amides is 1. The van der Waals surface area contributed by atoms with Gasteiger partial charge in [-0.05, 0) is 87.6 Å². The van der Waals surface area contributed by atoms with E-state index in [2.05, 4.69) is 54.8 Å². The van der Waals surface area contributed by atoms with Crippen LogP contribution in [0.4, 0.5) is 5.69 Å². The number of carbonyl (C=O) groups is 1. The molecule has 1 fully saturated rings. The van der Waals surface area contributed by atoms with Gasteiger partial charge in [0.2, 0.25) is 5.91 Å². The molecule has 0 spiro atoms. The number of hydrogen-bond donors (Lipinski definition) is 0. The molecule has 5 nitrogen and oxygen atoms in total. The molecule has 1 aliphatic rings. The molecule has 0 N–H and O–H groups in total. The molecule has 2 heterocycles. The lowest BCUT2D eigenvalue weighted by atomic mass is 10.1. The molecule has 5 rings (SSSR count). The van der Waals surface area contributed by atoms with Gasteiger partial charge in [0.1, 0.15) is 11.6 Å². The molecule has 1 atom stereocenters. The minimum absolute atomic E-state index is 0.0665. The number of fused-ring (bicyclic) bond motifs is 1. The molecular weight excluding hydrogens is 482 g/mol. The number of rotatable bonds is 8. The van der Waals surface area contributed by atoms with Crippen LogP contribution in [0.3, 0.4) is 0 Å². The summed E-state index contributed by atoms with van der Waals surface area (Å²) in [6, 6.07) is 18.5. The number of aromatic nitrogens is 2. The van der Waals surface area contributed by atoms with Gasteiger partial charge in [-0.3, -0.25) is 4.79 Å². The van der Waals surface area contributed by atoms with Gasteiger partial charge in [0.25, 0.3) is 0 Å². The molecule has 37 heavy (non-hydrogen) atoms. The average molecular weight is 516 g/mol. The van der Waals surface area contributed by atoms with Gasteiger partial charge >= 0.3 is 0 Å². The number of halogens is 1. The summed E-state index contributed by atoms with van der Waals surface area (Å²) < 4.78 is 8.34. The molecule has 0 saturated carbocycles. The highest BCUT2D eigenvalue weighted by Gasteiger charge is 2.35. The van der Waals surface area contributed by atoms with E-state index in [1.165, 1.54) is 5.56 Å². The van der Waals surface area contributed by atoms with Crippen LogP contribution >= 0.6 is 11.6 Å². The summed E-state index contributed by atoms with van der Waals surface area (Å²) >= 11 is 6.29. The molecule has 1 saturated heterocycles. The molecule has 1 aromatic heterocycles. The molecule has 1 amide bonds. The Hall–Kier alpha value is -3.31. The molecule has 0 bridgehead atoms. The number of unbranched alkanes of at least 4 members (excludes halogenated alkanes) is 1. The number of para-hydroxylation sites is 2. The highest BCUT2D eigenvalue weighted by molar-refractivity contribution is 6.32. The summed E-state index contributed by atoms with van der Waals surface area (Å²) in [7, 11) is 0. The first-order chi connectivity index (χ1) is 17.8. The summed E-state index contributed by atoms with van der Waals surface area (Å²) in [5.74, 6) is 2.10. The number of nitrogens with zero attached hydrogens (tertiary/aromatic N) is 3. The Morgan fingerprint density at radius 2 is 1.73 bits per heavy atom. The van der Waals surface area contributed by atoms with Crippen LogP contribution in [0.25, 0.3) is 11.0 Å². The molecule has 192 valence electrons. The van der Waals surface area contributed by atoms with Gasteiger partial charge in [-0.1, -0.05) is 41.4 Å². The third-order valence-electron chi connectivity index (χ3n) is 7.27. The Balaban J connectivity index is 1.29. The van der Waals surface area contributed by atoms with E-state index in [-0.39, 0.29) is 11.8 Å². The van der Waals surface area contributed by atoms with Crippen LogP contribution in [0.5, 0.6) is 5.75 Å². The maximum absolute atomic E-state index is 13.1. The maximum Gasteiger partial charge on any atom is 0.227 e. The van der Waals surface area contributed by atoms with Crippen LogP contribution in [-0.2, 0) is 11.3 Å². The van der Waals surface area contributed by atoms with Crippen molar-refractivity contribution in [1.29, 1.82) is 0 Å². The van der Waals surface area contributed by atoms with Gasteiger partial charge < -0.3 is 14.2 Å². The second-order valence-electron chi connectivity index (χ2n) is 10.2. The van der Waals surface area contributed by atoms with E-state index in [0.717, 1.165) is 69.4 Å². The van der Waals surface area contributed by atoms with Crippen molar-refractivity contribution in [2.24, 2.45) is 0 Å². The third-order valence-corrected chi connectivity index (χ3v) is 7.87. The number of hydrogen-bond acceptors (Lipinski definition) is 3. The first-order valence-electron chi connectivity index (χ1n) is 13.0. The fraction of sp³-hybridized carbons (Fsp3) is 0.355. The number of benzene rings is 3. The van der Waals surface area contributed by atoms with Crippen molar-refractivity contribution < 1.29 is 9.53 Å². The molecule has 1 aliphatic heterocycles. The highest BCUT2D eigenvalue weighted by Crippen LogP contribution is 2.35. The SMILES string of the molecule is Cc1ccc(N2CC(c3nc4ccccc4n3CCCCOc3cc(C)c(Cl)c(C)c3)CC2=O)c(C)c1. The van der Waals surface area contributed by atoms with Crippen molar-refractivity contribution in [2.45, 2.75) is 59.4 Å². The Kier molecular flexibility index (Phi) is 7.25. The molecule has 3 aromatic carbocycles. The van der Waals surface area contributed by atoms with Gasteiger partial charge in [0.05, 0.1) is 17.6 Å². The molecule has 4 aromatic rings. The number of carbonyl (C=O) groups excluding carboxylic acids is 1. The average Bonchev–Trinajstić information content (AvgIpc) is 3.42. The number of ether oxygens (including phenoxy) is 1. The normalized spacial score (nSPS) is 15.6. The van der Waals surface area contributed by atoms with Crippen molar-refractivity contribution >= 4 is 34.2 Å². The zero-order chi connectivity index (χ0) is 26.1. The summed E-state index contributed by atoms with van der Waals surface area (Å²) in [6.45, 7) is 10.3. The van der Waals surface area contributed by atoms with Crippen LogP contribution in [-0.4, -0.2) is 28.6 Å². The van der Waals surface area contributed by atoms with E-state index >= 15 is 0 Å². The number of anilines is 1. The van der Waals surface area contributed by atoms with E-state index in [4.69, 9.17) is 21.3 Å². The van der Waals surface area contributed by atoms with Gasteiger partial charge in [0.15, 0.2) is 0 Å². The largest absolute Gasteiger partial charge is 0.494 e. The van der Waals surface area contributed by atoms with E-state index in [1.54, 1.807) is 0 Å². The van der Waals surface area contributed by atoms with Gasteiger partial charge in [-0.2, -0.15) is 0 Å². The van der Waals surface area contributed by atoms with Crippen LogP contribution in [0.2, 0.25) is 5.02 Å². The molecule has 1 unspecified atom stereocenters. The van der Waals surface area contributed by atoms with E-state index < -0.39 is 0 Å². The Labute approximate surface area is 224 Å². The molecule has 6 heteroatoms. The predicted octanol–water partition coefficient (Wildman–Crippen LogP) is 7.30. The molecule has 0 radical (unpaired) electrons. The lowest BCUT2D eigenvalue weighted by Crippen LogP contribution is -2.25. The monoisotopic (exact) mass is 515 g/mol. The Morgan fingerprint density at radius 1 is 0.973 bits per heavy atom. The predicted molar refractivity (Wildman–Crippen MR) is 151 cm³/mol. The van der Waals surface area contributed by atoms with Gasteiger partial charge in [-0.15, -0.1) is 0 Å². The molecule has 0 aliphatic carbocycles. The highest BCUT2D eigenvalue weighted by atomic mass is 35.5. The molecular formula is C31H34ClN3O2. The van der Waals surface area contributed by atoms with Gasteiger partial charge in [0, 0.05) is 36.1 Å². The number of aryl methyl sites for hydroxylation is 5. The summed E-state index contributed by atoms with van der Waals surface area (Å²) in [5.41, 5.74) is 7.52. The second-order valence-corrected chi connectivity index (χ2v) is 10.6. The maximum atomic E-state index is 13.1. The van der Waals surface area contributed by atoms with Crippen molar-refractivity contribution in [3.8, 4) is 5.75 Å². The Morgan fingerprint density at radius 3 is 2.49 bits per heavy atom. The zero-order valence-corrected chi connectivity index (χ0v) is 22.8. The lowest BCUT2D eigenvalue weighted by Gasteiger charge is -2.20. The van der Waals surface area contributed by atoms with Crippen molar-refractivity contribution in [3.05, 3.63) is 87.7 Å². The van der Waals surface area contributed by atoms with Crippen molar-refractivity contribution in [1.82, 2.24) is 9.55 Å². The first-order valence-corrected chi connectivity index (χ1v) is 13.4. The fourth-order valence-electron chi connectivity index (χ4n) is 5.41. The van der Waals surface area contributed by atoms with Crippen LogP contribution < -0.4 is 9.64 Å².